The van der Waals surface area contributed by atoms with Crippen molar-refractivity contribution in [3.8, 4) is 5.75 Å². The second kappa shape index (κ2) is 11.3. The Hall–Kier alpha value is -3.46. The van der Waals surface area contributed by atoms with Gasteiger partial charge in [0.05, 0.1) is 17.4 Å². The maximum atomic E-state index is 13.2. The lowest BCUT2D eigenvalue weighted by Gasteiger charge is -2.33. The molecule has 1 fully saturated rings. The Kier molecular flexibility index (Phi) is 8.59. The van der Waals surface area contributed by atoms with E-state index in [1.54, 1.807) is 13.0 Å². The number of hydrogen-bond donors (Lipinski definition) is 3. The number of imide groups is 1. The summed E-state index contributed by atoms with van der Waals surface area (Å²) in [4.78, 5) is 63.9. The largest absolute Gasteiger partial charge is 0.535 e. The first-order valence-corrected chi connectivity index (χ1v) is 13.7. The molecule has 0 aliphatic carbocycles. The number of nitrogens with one attached hydrogen (secondary N) is 1. The van der Waals surface area contributed by atoms with Crippen molar-refractivity contribution in [2.45, 2.75) is 38.0 Å². The zero-order chi connectivity index (χ0) is 27.5. The van der Waals surface area contributed by atoms with Gasteiger partial charge in [0.2, 0.25) is 0 Å². The van der Waals surface area contributed by atoms with E-state index in [4.69, 9.17) is 4.65 Å². The minimum Gasteiger partial charge on any atom is -0.535 e. The number of aromatic carboxylic acids is 1. The molecule has 13 nitrogen and oxygen atoms in total. The van der Waals surface area contributed by atoms with E-state index in [1.807, 2.05) is 0 Å². The molecule has 0 aromatic heterocycles. The van der Waals surface area contributed by atoms with Crippen LogP contribution in [0, 0.1) is 0 Å². The molecule has 15 heteroatoms. The first-order valence-electron chi connectivity index (χ1n) is 11.6. The summed E-state index contributed by atoms with van der Waals surface area (Å²) < 4.78 is 28.9. The summed E-state index contributed by atoms with van der Waals surface area (Å²) in [5.74, 6) is -5.01. The molecular weight excluding hydrogens is 509 g/mol. The van der Waals surface area contributed by atoms with E-state index in [2.05, 4.69) is 5.32 Å². The van der Waals surface area contributed by atoms with Crippen molar-refractivity contribution < 1.29 is 47.2 Å². The van der Waals surface area contributed by atoms with Gasteiger partial charge in [-0.15, -0.1) is 0 Å². The van der Waals surface area contributed by atoms with E-state index in [0.717, 1.165) is 6.26 Å². The van der Waals surface area contributed by atoms with E-state index >= 15 is 0 Å². The first kappa shape index (κ1) is 28.1. The number of carbonyl (C=O) groups is 5. The van der Waals surface area contributed by atoms with Crippen LogP contribution in [0.4, 0.5) is 4.79 Å². The number of fused-ring (bicyclic) bond motifs is 1. The molecule has 2 atom stereocenters. The Morgan fingerprint density at radius 2 is 1.92 bits per heavy atom. The van der Waals surface area contributed by atoms with Crippen LogP contribution in [0.3, 0.4) is 0 Å². The third-order valence-electron chi connectivity index (χ3n) is 6.31. The van der Waals surface area contributed by atoms with Crippen LogP contribution in [0.15, 0.2) is 18.2 Å². The second-order valence-corrected chi connectivity index (χ2v) is 11.3. The maximum Gasteiger partial charge on any atom is 0.526 e. The van der Waals surface area contributed by atoms with Gasteiger partial charge in [-0.3, -0.25) is 19.3 Å². The van der Waals surface area contributed by atoms with Crippen LogP contribution in [0.5, 0.6) is 5.75 Å². The second-order valence-electron chi connectivity index (χ2n) is 9.00. The van der Waals surface area contributed by atoms with Crippen LogP contribution in [0.25, 0.3) is 0 Å². The molecular formula is C22H28BN3O10S. The molecule has 1 aromatic rings. The Balaban J connectivity index is 1.75. The van der Waals surface area contributed by atoms with Crippen molar-refractivity contribution >= 4 is 46.6 Å². The highest BCUT2D eigenvalue weighted by atomic mass is 32.2. The van der Waals surface area contributed by atoms with Gasteiger partial charge in [-0.05, 0) is 31.4 Å². The molecule has 0 bridgehead atoms. The van der Waals surface area contributed by atoms with E-state index < -0.39 is 64.2 Å². The molecule has 0 spiro atoms. The standard InChI is InChI=1S/C22H28BN3O10S/c1-3-25-8-9-26(20(29)19(25)28)22(32)24-16(7-10-37(2,34)35)17(27)12-14-11-13-5-4-6-15(21(30)31)18(13)36-23(14)33/h4-6,14,16,33H,3,7-12H2,1-2H3,(H,24,32)(H,30,31)/t14-,16+/m1/s1. The number of carboxylic acids is 1. The number of rotatable bonds is 9. The number of sulfone groups is 1. The minimum atomic E-state index is -3.51. The minimum absolute atomic E-state index is 0.00234. The number of para-hydroxylation sites is 1. The summed E-state index contributed by atoms with van der Waals surface area (Å²) >= 11 is 0. The summed E-state index contributed by atoms with van der Waals surface area (Å²) in [7, 11) is -5.04. The number of ketones is 1. The molecule has 2 aliphatic heterocycles. The summed E-state index contributed by atoms with van der Waals surface area (Å²) in [6.07, 6.45) is 0.452. The van der Waals surface area contributed by atoms with Gasteiger partial charge < -0.3 is 25.0 Å². The van der Waals surface area contributed by atoms with Crippen LogP contribution in [-0.2, 0) is 30.6 Å². The number of amides is 4. The fourth-order valence-corrected chi connectivity index (χ4v) is 4.93. The van der Waals surface area contributed by atoms with Gasteiger partial charge >= 0.3 is 30.9 Å². The molecule has 1 saturated heterocycles. The van der Waals surface area contributed by atoms with Crippen molar-refractivity contribution in [3.63, 3.8) is 0 Å². The molecule has 3 rings (SSSR count). The zero-order valence-electron chi connectivity index (χ0n) is 20.4. The van der Waals surface area contributed by atoms with Crippen molar-refractivity contribution in [2.24, 2.45) is 0 Å². The molecule has 3 N–H and O–H groups in total. The molecule has 0 radical (unpaired) electrons. The fourth-order valence-electron chi connectivity index (χ4n) is 4.27. The normalized spacial score (nSPS) is 18.7. The number of Topliss-reactive ketones (excluding diaryl/α,β-unsaturated/α-hetero) is 1. The highest BCUT2D eigenvalue weighted by Gasteiger charge is 2.40. The van der Waals surface area contributed by atoms with Crippen molar-refractivity contribution in [2.75, 3.05) is 31.6 Å². The summed E-state index contributed by atoms with van der Waals surface area (Å²) in [5, 5.41) is 22.2. The lowest BCUT2D eigenvalue weighted by atomic mass is 9.64. The average Bonchev–Trinajstić information content (AvgIpc) is 2.82. The Bertz CT molecular complexity index is 1220. The highest BCUT2D eigenvalue weighted by Crippen LogP contribution is 2.36. The van der Waals surface area contributed by atoms with E-state index in [9.17, 15) is 42.5 Å². The lowest BCUT2D eigenvalue weighted by Crippen LogP contribution is -2.59. The van der Waals surface area contributed by atoms with Gasteiger partial charge in [0, 0.05) is 38.1 Å². The topological polar surface area (TPSA) is 188 Å². The molecule has 1 aromatic carbocycles. The number of carbonyl (C=O) groups excluding carboxylic acids is 4. The predicted octanol–water partition coefficient (Wildman–Crippen LogP) is -0.667. The molecule has 2 aliphatic rings. The maximum absolute atomic E-state index is 13.2. The SMILES string of the molecule is CCN1CCN(C(=O)N[C@@H](CCS(C)(=O)=O)C(=O)C[C@H]2Cc3cccc(C(=O)O)c3OB2O)C(=O)C1=O. The number of likely N-dealkylation sites (N-methyl/N-ethyl adjacent to an activating group) is 1. The zero-order valence-corrected chi connectivity index (χ0v) is 21.2. The summed E-state index contributed by atoms with van der Waals surface area (Å²) in [6, 6.07) is 2.11. The van der Waals surface area contributed by atoms with Crippen LogP contribution in [0.2, 0.25) is 5.82 Å². The fraction of sp³-hybridized carbons (Fsp3) is 0.500. The Morgan fingerprint density at radius 3 is 2.54 bits per heavy atom. The Morgan fingerprint density at radius 1 is 1.22 bits per heavy atom. The van der Waals surface area contributed by atoms with Crippen LogP contribution >= 0.6 is 0 Å². The summed E-state index contributed by atoms with van der Waals surface area (Å²) in [6.45, 7) is 2.01. The Labute approximate surface area is 213 Å². The molecule has 0 saturated carbocycles. The smallest absolute Gasteiger partial charge is 0.526 e. The number of urea groups is 1. The van der Waals surface area contributed by atoms with Crippen molar-refractivity contribution in [3.05, 3.63) is 29.3 Å². The monoisotopic (exact) mass is 537 g/mol. The van der Waals surface area contributed by atoms with Crippen LogP contribution < -0.4 is 9.97 Å². The third-order valence-corrected chi connectivity index (χ3v) is 7.29. The molecule has 4 amide bonds. The van der Waals surface area contributed by atoms with E-state index in [0.29, 0.717) is 17.0 Å². The number of carboxylic acid groups (broad SMARTS) is 1. The van der Waals surface area contributed by atoms with E-state index in [1.165, 1.54) is 17.0 Å². The number of hydrogen-bond acceptors (Lipinski definition) is 9. The van der Waals surface area contributed by atoms with Gasteiger partial charge in [0.15, 0.2) is 5.78 Å². The third kappa shape index (κ3) is 6.66. The van der Waals surface area contributed by atoms with Gasteiger partial charge in [0.25, 0.3) is 0 Å². The number of nitrogens with zero attached hydrogens (tertiary/aromatic N) is 2. The van der Waals surface area contributed by atoms with Crippen molar-refractivity contribution in [1.82, 2.24) is 15.1 Å². The predicted molar refractivity (Wildman–Crippen MR) is 130 cm³/mol. The lowest BCUT2D eigenvalue weighted by molar-refractivity contribution is -0.153. The van der Waals surface area contributed by atoms with Crippen molar-refractivity contribution in [1.29, 1.82) is 0 Å². The van der Waals surface area contributed by atoms with E-state index in [-0.39, 0.29) is 43.7 Å². The van der Waals surface area contributed by atoms with Crippen LogP contribution in [0.1, 0.15) is 35.7 Å². The van der Waals surface area contributed by atoms with Crippen LogP contribution in [-0.4, -0.2) is 103 Å². The molecule has 200 valence electrons. The average molecular weight is 537 g/mol. The van der Waals surface area contributed by atoms with Gasteiger partial charge in [-0.2, -0.15) is 0 Å². The molecule has 0 unspecified atom stereocenters. The molecule has 2 heterocycles. The van der Waals surface area contributed by atoms with Gasteiger partial charge in [-0.1, -0.05) is 12.1 Å². The van der Waals surface area contributed by atoms with Gasteiger partial charge in [-0.25, -0.2) is 18.0 Å². The first-order chi connectivity index (χ1) is 17.3. The van der Waals surface area contributed by atoms with Gasteiger partial charge in [0.1, 0.15) is 15.6 Å². The highest BCUT2D eigenvalue weighted by molar-refractivity contribution is 7.90. The quantitative estimate of drug-likeness (QED) is 0.269. The molecule has 37 heavy (non-hydrogen) atoms. The number of piperazine rings is 1. The number of benzene rings is 1. The summed E-state index contributed by atoms with van der Waals surface area (Å²) in [5.41, 5.74) is 0.333.